The highest BCUT2D eigenvalue weighted by Gasteiger charge is 2.30. The smallest absolute Gasteiger partial charge is 0.228 e. The van der Waals surface area contributed by atoms with Crippen LogP contribution < -0.4 is 4.90 Å². The maximum atomic E-state index is 12.2. The average molecular weight is 312 g/mol. The number of amides is 1. The van der Waals surface area contributed by atoms with Crippen molar-refractivity contribution >= 4 is 21.6 Å². The van der Waals surface area contributed by atoms with Crippen molar-refractivity contribution in [1.82, 2.24) is 4.31 Å². The quantitative estimate of drug-likeness (QED) is 0.836. The SMILES string of the molecule is CN(C(=O)CCN(C(C)(C)C)S(C)(=O)=O)c1ccccc1. The summed E-state index contributed by atoms with van der Waals surface area (Å²) in [5.74, 6) is -0.112. The maximum absolute atomic E-state index is 12.2. The van der Waals surface area contributed by atoms with Crippen LogP contribution in [-0.2, 0) is 14.8 Å². The van der Waals surface area contributed by atoms with E-state index in [1.165, 1.54) is 10.6 Å². The Hall–Kier alpha value is -1.40. The van der Waals surface area contributed by atoms with Crippen LogP contribution in [0.3, 0.4) is 0 Å². The minimum absolute atomic E-state index is 0.112. The van der Waals surface area contributed by atoms with Gasteiger partial charge in [-0.2, -0.15) is 4.31 Å². The van der Waals surface area contributed by atoms with Crippen LogP contribution in [0, 0.1) is 0 Å². The van der Waals surface area contributed by atoms with E-state index in [0.29, 0.717) is 0 Å². The fraction of sp³-hybridized carbons (Fsp3) is 0.533. The molecule has 0 aliphatic rings. The summed E-state index contributed by atoms with van der Waals surface area (Å²) in [5.41, 5.74) is 0.253. The van der Waals surface area contributed by atoms with E-state index < -0.39 is 15.6 Å². The number of sulfonamides is 1. The van der Waals surface area contributed by atoms with E-state index in [1.54, 1.807) is 11.9 Å². The van der Waals surface area contributed by atoms with Crippen LogP contribution >= 0.6 is 0 Å². The van der Waals surface area contributed by atoms with Gasteiger partial charge in [0.15, 0.2) is 0 Å². The fourth-order valence-electron chi connectivity index (χ4n) is 2.16. The molecule has 0 spiro atoms. The number of carbonyl (C=O) groups is 1. The van der Waals surface area contributed by atoms with Crippen molar-refractivity contribution in [2.75, 3.05) is 24.7 Å². The van der Waals surface area contributed by atoms with E-state index in [2.05, 4.69) is 0 Å². The average Bonchev–Trinajstić information content (AvgIpc) is 2.35. The second-order valence-electron chi connectivity index (χ2n) is 6.04. The van der Waals surface area contributed by atoms with Crippen LogP contribution in [0.25, 0.3) is 0 Å². The molecule has 0 unspecified atom stereocenters. The highest BCUT2D eigenvalue weighted by molar-refractivity contribution is 7.88. The van der Waals surface area contributed by atoms with Crippen molar-refractivity contribution in [3.63, 3.8) is 0 Å². The van der Waals surface area contributed by atoms with Gasteiger partial charge in [-0.15, -0.1) is 0 Å². The van der Waals surface area contributed by atoms with Gasteiger partial charge >= 0.3 is 0 Å². The largest absolute Gasteiger partial charge is 0.315 e. The van der Waals surface area contributed by atoms with Crippen molar-refractivity contribution in [3.05, 3.63) is 30.3 Å². The lowest BCUT2D eigenvalue weighted by Gasteiger charge is -2.33. The molecule has 0 bridgehead atoms. The lowest BCUT2D eigenvalue weighted by Crippen LogP contribution is -2.46. The molecule has 1 aromatic carbocycles. The topological polar surface area (TPSA) is 57.7 Å². The summed E-state index contributed by atoms with van der Waals surface area (Å²) in [6.45, 7) is 5.64. The molecule has 1 rings (SSSR count). The lowest BCUT2D eigenvalue weighted by molar-refractivity contribution is -0.118. The molecular weight excluding hydrogens is 288 g/mol. The van der Waals surface area contributed by atoms with Gasteiger partial charge in [0, 0.05) is 31.2 Å². The third kappa shape index (κ3) is 5.13. The molecule has 6 heteroatoms. The second-order valence-corrected chi connectivity index (χ2v) is 7.95. The van der Waals surface area contributed by atoms with E-state index >= 15 is 0 Å². The zero-order valence-corrected chi connectivity index (χ0v) is 14.1. The van der Waals surface area contributed by atoms with Gasteiger partial charge in [-0.25, -0.2) is 8.42 Å². The van der Waals surface area contributed by atoms with Gasteiger partial charge in [0.05, 0.1) is 6.26 Å². The molecule has 1 amide bonds. The van der Waals surface area contributed by atoms with Gasteiger partial charge in [-0.05, 0) is 32.9 Å². The number of carbonyl (C=O) groups excluding carboxylic acids is 1. The third-order valence-electron chi connectivity index (χ3n) is 3.19. The van der Waals surface area contributed by atoms with Crippen molar-refractivity contribution in [2.45, 2.75) is 32.7 Å². The number of para-hydroxylation sites is 1. The van der Waals surface area contributed by atoms with Gasteiger partial charge in [-0.3, -0.25) is 4.79 Å². The lowest BCUT2D eigenvalue weighted by atomic mass is 10.1. The van der Waals surface area contributed by atoms with Crippen LogP contribution in [0.4, 0.5) is 5.69 Å². The fourth-order valence-corrected chi connectivity index (χ4v) is 3.58. The zero-order valence-electron chi connectivity index (χ0n) is 13.3. The number of hydrogen-bond acceptors (Lipinski definition) is 3. The highest BCUT2D eigenvalue weighted by atomic mass is 32.2. The Bertz CT molecular complexity index is 577. The van der Waals surface area contributed by atoms with Crippen LogP contribution in [-0.4, -0.2) is 44.0 Å². The Labute approximate surface area is 127 Å². The highest BCUT2D eigenvalue weighted by Crippen LogP contribution is 2.19. The first-order valence-corrected chi connectivity index (χ1v) is 8.68. The van der Waals surface area contributed by atoms with Gasteiger partial charge in [-0.1, -0.05) is 18.2 Å². The van der Waals surface area contributed by atoms with Gasteiger partial charge in [0.25, 0.3) is 0 Å². The summed E-state index contributed by atoms with van der Waals surface area (Å²) in [6, 6.07) is 9.28. The van der Waals surface area contributed by atoms with Crippen LogP contribution in [0.1, 0.15) is 27.2 Å². The van der Waals surface area contributed by atoms with Gasteiger partial charge < -0.3 is 4.90 Å². The molecule has 5 nitrogen and oxygen atoms in total. The van der Waals surface area contributed by atoms with E-state index in [1.807, 2.05) is 51.1 Å². The summed E-state index contributed by atoms with van der Waals surface area (Å²) < 4.78 is 25.0. The summed E-state index contributed by atoms with van der Waals surface area (Å²) in [4.78, 5) is 13.8. The van der Waals surface area contributed by atoms with E-state index in [-0.39, 0.29) is 18.9 Å². The summed E-state index contributed by atoms with van der Waals surface area (Å²) in [7, 11) is -1.65. The molecule has 0 saturated heterocycles. The number of nitrogens with zero attached hydrogens (tertiary/aromatic N) is 2. The molecule has 0 fully saturated rings. The minimum Gasteiger partial charge on any atom is -0.315 e. The van der Waals surface area contributed by atoms with Crippen molar-refractivity contribution in [1.29, 1.82) is 0 Å². The Balaban J connectivity index is 2.75. The van der Waals surface area contributed by atoms with E-state index in [0.717, 1.165) is 5.69 Å². The number of anilines is 1. The molecule has 1 aromatic rings. The normalized spacial score (nSPS) is 12.5. The predicted molar refractivity (Wildman–Crippen MR) is 85.8 cm³/mol. The molecule has 0 heterocycles. The van der Waals surface area contributed by atoms with Crippen LogP contribution in [0.2, 0.25) is 0 Å². The molecule has 0 saturated carbocycles. The Morgan fingerprint density at radius 2 is 1.67 bits per heavy atom. The van der Waals surface area contributed by atoms with E-state index in [9.17, 15) is 13.2 Å². The first-order valence-electron chi connectivity index (χ1n) is 6.83. The van der Waals surface area contributed by atoms with Crippen molar-refractivity contribution in [2.24, 2.45) is 0 Å². The molecule has 21 heavy (non-hydrogen) atoms. The first-order chi connectivity index (χ1) is 9.53. The Kier molecular flexibility index (Phi) is 5.53. The minimum atomic E-state index is -3.35. The van der Waals surface area contributed by atoms with Crippen LogP contribution in [0.5, 0.6) is 0 Å². The molecule has 0 N–H and O–H groups in total. The van der Waals surface area contributed by atoms with E-state index in [4.69, 9.17) is 0 Å². The molecule has 0 aliphatic heterocycles. The van der Waals surface area contributed by atoms with Crippen LogP contribution in [0.15, 0.2) is 30.3 Å². The predicted octanol–water partition coefficient (Wildman–Crippen LogP) is 2.10. The Morgan fingerprint density at radius 3 is 2.10 bits per heavy atom. The maximum Gasteiger partial charge on any atom is 0.228 e. The molecular formula is C15H24N2O3S. The monoisotopic (exact) mass is 312 g/mol. The van der Waals surface area contributed by atoms with Gasteiger partial charge in [0.1, 0.15) is 0 Å². The molecule has 0 atom stereocenters. The van der Waals surface area contributed by atoms with Gasteiger partial charge in [0.2, 0.25) is 15.9 Å². The molecule has 118 valence electrons. The summed E-state index contributed by atoms with van der Waals surface area (Å²) in [5, 5.41) is 0. The number of rotatable bonds is 5. The summed E-state index contributed by atoms with van der Waals surface area (Å²) >= 11 is 0. The van der Waals surface area contributed by atoms with Crippen molar-refractivity contribution in [3.8, 4) is 0 Å². The molecule has 0 aromatic heterocycles. The van der Waals surface area contributed by atoms with Crippen molar-refractivity contribution < 1.29 is 13.2 Å². The molecule has 0 radical (unpaired) electrons. The Morgan fingerprint density at radius 1 is 1.14 bits per heavy atom. The first kappa shape index (κ1) is 17.7. The summed E-state index contributed by atoms with van der Waals surface area (Å²) in [6.07, 6.45) is 1.32. The third-order valence-corrected chi connectivity index (χ3v) is 4.73. The standard InChI is InChI=1S/C15H24N2O3S/c1-15(2,3)17(21(5,19)20)12-11-14(18)16(4)13-9-7-6-8-10-13/h6-10H,11-12H2,1-5H3. The number of benzene rings is 1. The zero-order chi connectivity index (χ0) is 16.3. The second kappa shape index (κ2) is 6.58. The number of hydrogen-bond donors (Lipinski definition) is 0. The molecule has 0 aliphatic carbocycles.